The molecule has 2 rings (SSSR count). The van der Waals surface area contributed by atoms with Crippen molar-refractivity contribution in [1.82, 2.24) is 9.97 Å². The monoisotopic (exact) mass is 249 g/mol. The first-order chi connectivity index (χ1) is 8.19. The van der Waals surface area contributed by atoms with Crippen molar-refractivity contribution in [3.8, 4) is 5.88 Å². The molecule has 0 aliphatic rings. The number of aromatic nitrogens is 2. The van der Waals surface area contributed by atoms with Gasteiger partial charge in [0.05, 0.1) is 17.8 Å². The topological polar surface area (TPSA) is 61.0 Å². The molecule has 0 amide bonds. The zero-order chi connectivity index (χ0) is 12.3. The Morgan fingerprint density at radius 1 is 1.47 bits per heavy atom. The molecule has 2 heterocycles. The van der Waals surface area contributed by atoms with Gasteiger partial charge in [0.2, 0.25) is 5.88 Å². The minimum Gasteiger partial charge on any atom is -0.481 e. The number of nitrogens with zero attached hydrogens (tertiary/aromatic N) is 2. The van der Waals surface area contributed by atoms with Crippen molar-refractivity contribution in [2.24, 2.45) is 5.73 Å². The number of hydrogen-bond acceptors (Lipinski definition) is 5. The molecule has 0 saturated heterocycles. The predicted octanol–water partition coefficient (Wildman–Crippen LogP) is 2.16. The third-order valence-corrected chi connectivity index (χ3v) is 3.27. The average molecular weight is 249 g/mol. The lowest BCUT2D eigenvalue weighted by molar-refractivity contribution is 0.397. The fourth-order valence-corrected chi connectivity index (χ4v) is 2.36. The van der Waals surface area contributed by atoms with E-state index in [4.69, 9.17) is 10.5 Å². The fraction of sp³-hybridized carbons (Fsp3) is 0.333. The maximum Gasteiger partial charge on any atom is 0.212 e. The molecule has 0 aliphatic carbocycles. The van der Waals surface area contributed by atoms with E-state index in [1.165, 1.54) is 0 Å². The third-order valence-electron chi connectivity index (χ3n) is 2.40. The van der Waals surface area contributed by atoms with Crippen molar-refractivity contribution < 1.29 is 4.74 Å². The van der Waals surface area contributed by atoms with E-state index in [1.807, 2.05) is 30.6 Å². The van der Waals surface area contributed by atoms with Crippen LogP contribution in [0.2, 0.25) is 0 Å². The summed E-state index contributed by atoms with van der Waals surface area (Å²) in [6.07, 6.45) is 2.60. The van der Waals surface area contributed by atoms with E-state index in [2.05, 4.69) is 9.97 Å². The second kappa shape index (κ2) is 5.25. The first-order valence-corrected chi connectivity index (χ1v) is 6.26. The molecular weight excluding hydrogens is 234 g/mol. The molecule has 90 valence electrons. The molecule has 2 aromatic rings. The first kappa shape index (κ1) is 12.0. The second-order valence-electron chi connectivity index (χ2n) is 3.84. The molecule has 0 bridgehead atoms. The summed E-state index contributed by atoms with van der Waals surface area (Å²) >= 11 is 1.63. The van der Waals surface area contributed by atoms with Crippen molar-refractivity contribution in [3.63, 3.8) is 0 Å². The van der Waals surface area contributed by atoms with Crippen LogP contribution in [0.3, 0.4) is 0 Å². The van der Waals surface area contributed by atoms with Gasteiger partial charge in [-0.25, -0.2) is 9.97 Å². The van der Waals surface area contributed by atoms with Crippen LogP contribution in [-0.4, -0.2) is 17.1 Å². The van der Waals surface area contributed by atoms with Gasteiger partial charge in [0.15, 0.2) is 0 Å². The normalized spacial score (nSPS) is 12.4. The molecule has 0 fully saturated rings. The minimum absolute atomic E-state index is 0.00556. The fourth-order valence-electron chi connectivity index (χ4n) is 1.43. The smallest absolute Gasteiger partial charge is 0.212 e. The quantitative estimate of drug-likeness (QED) is 0.902. The van der Waals surface area contributed by atoms with Gasteiger partial charge in [-0.05, 0) is 12.5 Å². The van der Waals surface area contributed by atoms with E-state index in [-0.39, 0.29) is 6.04 Å². The largest absolute Gasteiger partial charge is 0.481 e. The maximum absolute atomic E-state index is 5.77. The van der Waals surface area contributed by atoms with Crippen molar-refractivity contribution in [1.29, 1.82) is 0 Å². The number of thiazole rings is 1. The van der Waals surface area contributed by atoms with Gasteiger partial charge in [-0.3, -0.25) is 0 Å². The Hall–Kier alpha value is -1.46. The zero-order valence-electron chi connectivity index (χ0n) is 9.88. The van der Waals surface area contributed by atoms with Gasteiger partial charge in [-0.15, -0.1) is 11.3 Å². The van der Waals surface area contributed by atoms with Gasteiger partial charge in [-0.1, -0.05) is 6.07 Å². The number of nitrogens with two attached hydrogens (primary N) is 1. The Balaban J connectivity index is 2.08. The minimum atomic E-state index is -0.00556. The molecule has 2 N–H and O–H groups in total. The molecule has 1 atom stereocenters. The molecule has 0 saturated carbocycles. The van der Waals surface area contributed by atoms with E-state index < -0.39 is 0 Å². The van der Waals surface area contributed by atoms with Gasteiger partial charge in [-0.2, -0.15) is 0 Å². The van der Waals surface area contributed by atoms with Crippen molar-refractivity contribution in [3.05, 3.63) is 40.0 Å². The van der Waals surface area contributed by atoms with Crippen molar-refractivity contribution >= 4 is 11.3 Å². The Labute approximate surface area is 104 Å². The third kappa shape index (κ3) is 3.01. The number of ether oxygens (including phenoxy) is 1. The van der Waals surface area contributed by atoms with Crippen LogP contribution < -0.4 is 10.5 Å². The summed E-state index contributed by atoms with van der Waals surface area (Å²) < 4.78 is 5.01. The Morgan fingerprint density at radius 3 is 2.82 bits per heavy atom. The Bertz CT molecular complexity index is 479. The summed E-state index contributed by atoms with van der Waals surface area (Å²) in [6.45, 7) is 1.94. The highest BCUT2D eigenvalue weighted by atomic mass is 32.1. The van der Waals surface area contributed by atoms with Crippen LogP contribution in [-0.2, 0) is 6.42 Å². The molecule has 1 unspecified atom stereocenters. The van der Waals surface area contributed by atoms with Gasteiger partial charge >= 0.3 is 0 Å². The molecule has 0 radical (unpaired) electrons. The van der Waals surface area contributed by atoms with Gasteiger partial charge in [0.1, 0.15) is 0 Å². The molecule has 4 nitrogen and oxygen atoms in total. The molecule has 2 aromatic heterocycles. The van der Waals surface area contributed by atoms with Crippen molar-refractivity contribution in [2.75, 3.05) is 7.11 Å². The maximum atomic E-state index is 5.77. The molecule has 0 aliphatic heterocycles. The van der Waals surface area contributed by atoms with Crippen LogP contribution in [0, 0.1) is 0 Å². The lowest BCUT2D eigenvalue weighted by Gasteiger charge is -2.01. The zero-order valence-corrected chi connectivity index (χ0v) is 10.7. The lowest BCUT2D eigenvalue weighted by atomic mass is 10.2. The van der Waals surface area contributed by atoms with Gasteiger partial charge in [0.25, 0.3) is 0 Å². The summed E-state index contributed by atoms with van der Waals surface area (Å²) in [5.74, 6) is 0.629. The highest BCUT2D eigenvalue weighted by molar-refractivity contribution is 7.09. The Kier molecular flexibility index (Phi) is 3.71. The number of hydrogen-bond donors (Lipinski definition) is 1. The molecular formula is C12H15N3OS. The van der Waals surface area contributed by atoms with Crippen LogP contribution in [0.1, 0.15) is 29.2 Å². The summed E-state index contributed by atoms with van der Waals surface area (Å²) in [5.41, 5.74) is 7.85. The summed E-state index contributed by atoms with van der Waals surface area (Å²) in [5, 5.41) is 3.07. The first-order valence-electron chi connectivity index (χ1n) is 5.38. The summed E-state index contributed by atoms with van der Waals surface area (Å²) in [6, 6.07) is 3.85. The van der Waals surface area contributed by atoms with Crippen LogP contribution in [0.4, 0.5) is 0 Å². The average Bonchev–Trinajstić information content (AvgIpc) is 2.79. The summed E-state index contributed by atoms with van der Waals surface area (Å²) in [7, 11) is 1.61. The lowest BCUT2D eigenvalue weighted by Crippen LogP contribution is -2.05. The highest BCUT2D eigenvalue weighted by Gasteiger charge is 2.06. The van der Waals surface area contributed by atoms with Crippen LogP contribution in [0.15, 0.2) is 23.7 Å². The van der Waals surface area contributed by atoms with Crippen molar-refractivity contribution in [2.45, 2.75) is 19.4 Å². The molecule has 0 spiro atoms. The van der Waals surface area contributed by atoms with E-state index in [9.17, 15) is 0 Å². The van der Waals surface area contributed by atoms with Gasteiger partial charge < -0.3 is 10.5 Å². The summed E-state index contributed by atoms with van der Waals surface area (Å²) in [4.78, 5) is 8.65. The Morgan fingerprint density at radius 2 is 2.29 bits per heavy atom. The van der Waals surface area contributed by atoms with E-state index in [0.29, 0.717) is 5.88 Å². The van der Waals surface area contributed by atoms with Crippen LogP contribution in [0.25, 0.3) is 0 Å². The van der Waals surface area contributed by atoms with E-state index >= 15 is 0 Å². The number of methoxy groups -OCH3 is 1. The molecule has 5 heteroatoms. The number of pyridine rings is 1. The standard InChI is InChI=1S/C12H15N3OS/c1-8(13)10-7-17-12(15-10)5-9-3-4-11(16-2)14-6-9/h3-4,6-8H,5,13H2,1-2H3. The number of rotatable bonds is 4. The predicted molar refractivity (Wildman–Crippen MR) is 68.3 cm³/mol. The van der Waals surface area contributed by atoms with E-state index in [1.54, 1.807) is 18.4 Å². The molecule has 17 heavy (non-hydrogen) atoms. The second-order valence-corrected chi connectivity index (χ2v) is 4.78. The van der Waals surface area contributed by atoms with Crippen LogP contribution >= 0.6 is 11.3 Å². The van der Waals surface area contributed by atoms with Crippen LogP contribution in [0.5, 0.6) is 5.88 Å². The highest BCUT2D eigenvalue weighted by Crippen LogP contribution is 2.18. The molecule has 0 aromatic carbocycles. The van der Waals surface area contributed by atoms with E-state index in [0.717, 1.165) is 22.7 Å². The SMILES string of the molecule is COc1ccc(Cc2nc(C(C)N)cs2)cn1. The van der Waals surface area contributed by atoms with Gasteiger partial charge in [0, 0.05) is 30.1 Å².